The Morgan fingerprint density at radius 3 is 2.72 bits per heavy atom. The number of hydrogen-bond acceptors (Lipinski definition) is 3. The van der Waals surface area contributed by atoms with E-state index in [-0.39, 0.29) is 24.0 Å². The summed E-state index contributed by atoms with van der Waals surface area (Å²) in [6.07, 6.45) is 1.22. The highest BCUT2D eigenvalue weighted by Crippen LogP contribution is 2.28. The van der Waals surface area contributed by atoms with Crippen LogP contribution in [-0.2, 0) is 0 Å². The van der Waals surface area contributed by atoms with Gasteiger partial charge in [0, 0.05) is 38.6 Å². The summed E-state index contributed by atoms with van der Waals surface area (Å²) in [6, 6.07) is 12.3. The Morgan fingerprint density at radius 2 is 2.00 bits per heavy atom. The molecule has 5 nitrogen and oxygen atoms in total. The van der Waals surface area contributed by atoms with Crippen molar-refractivity contribution in [3.63, 3.8) is 0 Å². The molecule has 25 heavy (non-hydrogen) atoms. The third kappa shape index (κ3) is 5.20. The molecule has 3 rings (SSSR count). The van der Waals surface area contributed by atoms with Crippen LogP contribution in [0.4, 0.5) is 5.82 Å². The molecular formula is C19H28IN5. The number of likely N-dealkylation sites (tertiary alicyclic amines) is 1. The minimum Gasteiger partial charge on any atom is -0.368 e. The maximum atomic E-state index is 4.63. The lowest BCUT2D eigenvalue weighted by atomic mass is 9.93. The average Bonchev–Trinajstić information content (AvgIpc) is 2.94. The fourth-order valence-corrected chi connectivity index (χ4v) is 3.15. The predicted octanol–water partition coefficient (Wildman–Crippen LogP) is 3.57. The molecule has 136 valence electrons. The van der Waals surface area contributed by atoms with Gasteiger partial charge in [-0.2, -0.15) is 0 Å². The largest absolute Gasteiger partial charge is 0.368 e. The van der Waals surface area contributed by atoms with Gasteiger partial charge in [-0.25, -0.2) is 4.98 Å². The highest BCUT2D eigenvalue weighted by Gasteiger charge is 2.30. The smallest absolute Gasteiger partial charge is 0.193 e. The van der Waals surface area contributed by atoms with Crippen molar-refractivity contribution in [3.8, 4) is 0 Å². The van der Waals surface area contributed by atoms with Crippen LogP contribution < -0.4 is 10.6 Å². The Hall–Kier alpha value is -1.57. The second-order valence-corrected chi connectivity index (χ2v) is 7.13. The second-order valence-electron chi connectivity index (χ2n) is 7.13. The van der Waals surface area contributed by atoms with Gasteiger partial charge in [0.05, 0.1) is 5.52 Å². The fourth-order valence-electron chi connectivity index (χ4n) is 3.15. The number of para-hydroxylation sites is 1. The lowest BCUT2D eigenvalue weighted by molar-refractivity contribution is 0.370. The van der Waals surface area contributed by atoms with E-state index < -0.39 is 0 Å². The number of aliphatic imine (C=N–C) groups is 1. The quantitative estimate of drug-likeness (QED) is 0.322. The normalized spacial score (nSPS) is 16.6. The molecule has 1 aromatic carbocycles. The van der Waals surface area contributed by atoms with Gasteiger partial charge in [0.15, 0.2) is 5.96 Å². The number of benzene rings is 1. The minimum absolute atomic E-state index is 0. The number of anilines is 1. The molecule has 1 aliphatic heterocycles. The van der Waals surface area contributed by atoms with Crippen molar-refractivity contribution in [2.45, 2.75) is 20.3 Å². The molecule has 2 N–H and O–H groups in total. The summed E-state index contributed by atoms with van der Waals surface area (Å²) in [7, 11) is 1.85. The number of fused-ring (bicyclic) bond motifs is 1. The second kappa shape index (κ2) is 8.69. The lowest BCUT2D eigenvalue weighted by Crippen LogP contribution is -2.42. The van der Waals surface area contributed by atoms with Crippen LogP contribution >= 0.6 is 24.0 Å². The zero-order valence-corrected chi connectivity index (χ0v) is 17.6. The van der Waals surface area contributed by atoms with Crippen molar-refractivity contribution in [2.24, 2.45) is 10.4 Å². The van der Waals surface area contributed by atoms with E-state index in [4.69, 9.17) is 0 Å². The maximum Gasteiger partial charge on any atom is 0.193 e. The van der Waals surface area contributed by atoms with Crippen LogP contribution in [0, 0.1) is 5.41 Å². The first-order valence-electron chi connectivity index (χ1n) is 8.63. The molecule has 0 spiro atoms. The first-order chi connectivity index (χ1) is 11.6. The molecule has 0 atom stereocenters. The van der Waals surface area contributed by atoms with Crippen LogP contribution in [0.25, 0.3) is 10.9 Å². The van der Waals surface area contributed by atoms with Gasteiger partial charge in [-0.05, 0) is 30.0 Å². The Bertz CT molecular complexity index is 729. The molecule has 2 aromatic rings. The summed E-state index contributed by atoms with van der Waals surface area (Å²) < 4.78 is 0. The first-order valence-corrected chi connectivity index (χ1v) is 8.63. The Balaban J connectivity index is 0.00000225. The minimum atomic E-state index is 0. The van der Waals surface area contributed by atoms with E-state index in [1.165, 1.54) is 11.8 Å². The number of rotatable bonds is 4. The van der Waals surface area contributed by atoms with E-state index in [0.29, 0.717) is 5.41 Å². The highest BCUT2D eigenvalue weighted by atomic mass is 127. The monoisotopic (exact) mass is 453 g/mol. The van der Waals surface area contributed by atoms with E-state index in [1.807, 2.05) is 31.3 Å². The number of pyridine rings is 1. The van der Waals surface area contributed by atoms with Crippen molar-refractivity contribution in [2.75, 3.05) is 38.5 Å². The molecule has 1 aromatic heterocycles. The zero-order valence-electron chi connectivity index (χ0n) is 15.2. The molecule has 0 bridgehead atoms. The van der Waals surface area contributed by atoms with Crippen molar-refractivity contribution >= 4 is 46.7 Å². The SMILES string of the molecule is CN=C(NCCNc1ccc2ccccc2n1)N1CCC(C)(C)C1.I. The molecule has 0 unspecified atom stereocenters. The van der Waals surface area contributed by atoms with Crippen LogP contribution in [0.5, 0.6) is 0 Å². The van der Waals surface area contributed by atoms with Gasteiger partial charge in [0.25, 0.3) is 0 Å². The molecule has 0 amide bonds. The Labute approximate surface area is 167 Å². The third-order valence-corrected chi connectivity index (χ3v) is 4.50. The summed E-state index contributed by atoms with van der Waals surface area (Å²) in [6.45, 7) is 8.39. The van der Waals surface area contributed by atoms with Gasteiger partial charge in [0.1, 0.15) is 5.82 Å². The van der Waals surface area contributed by atoms with Crippen molar-refractivity contribution in [1.29, 1.82) is 0 Å². The van der Waals surface area contributed by atoms with Gasteiger partial charge in [-0.3, -0.25) is 4.99 Å². The number of halogens is 1. The van der Waals surface area contributed by atoms with Crippen LogP contribution in [0.2, 0.25) is 0 Å². The third-order valence-electron chi connectivity index (χ3n) is 4.50. The fraction of sp³-hybridized carbons (Fsp3) is 0.474. The molecule has 0 saturated carbocycles. The molecule has 0 aliphatic carbocycles. The summed E-state index contributed by atoms with van der Waals surface area (Å²) in [4.78, 5) is 11.4. The standard InChI is InChI=1S/C19H27N5.HI/c1-19(2)10-13-24(14-19)18(20-3)22-12-11-21-17-9-8-15-6-4-5-7-16(15)23-17;/h4-9H,10-14H2,1-3H3,(H,20,22)(H,21,23);1H. The number of nitrogens with one attached hydrogen (secondary N) is 2. The van der Waals surface area contributed by atoms with Crippen LogP contribution in [0.1, 0.15) is 20.3 Å². The molecule has 0 radical (unpaired) electrons. The van der Waals surface area contributed by atoms with Crippen molar-refractivity contribution in [1.82, 2.24) is 15.2 Å². The summed E-state index contributed by atoms with van der Waals surface area (Å²) in [5.41, 5.74) is 1.40. The van der Waals surface area contributed by atoms with E-state index in [0.717, 1.165) is 43.5 Å². The molecule has 6 heteroatoms. The first kappa shape index (κ1) is 19.8. The molecule has 1 aliphatic rings. The number of nitrogens with zero attached hydrogens (tertiary/aromatic N) is 3. The van der Waals surface area contributed by atoms with Crippen molar-refractivity contribution < 1.29 is 0 Å². The zero-order chi connectivity index (χ0) is 17.0. The topological polar surface area (TPSA) is 52.6 Å². The molecule has 1 fully saturated rings. The Morgan fingerprint density at radius 1 is 1.20 bits per heavy atom. The van der Waals surface area contributed by atoms with Gasteiger partial charge in [-0.15, -0.1) is 24.0 Å². The van der Waals surface area contributed by atoms with E-state index in [2.05, 4.69) is 51.5 Å². The number of guanidine groups is 1. The number of hydrogen-bond donors (Lipinski definition) is 2. The highest BCUT2D eigenvalue weighted by molar-refractivity contribution is 14.0. The van der Waals surface area contributed by atoms with Crippen LogP contribution in [-0.4, -0.2) is 49.1 Å². The van der Waals surface area contributed by atoms with E-state index in [9.17, 15) is 0 Å². The van der Waals surface area contributed by atoms with Gasteiger partial charge in [-0.1, -0.05) is 32.0 Å². The summed E-state index contributed by atoms with van der Waals surface area (Å²) >= 11 is 0. The number of aromatic nitrogens is 1. The van der Waals surface area contributed by atoms with Crippen LogP contribution in [0.15, 0.2) is 41.4 Å². The van der Waals surface area contributed by atoms with Crippen LogP contribution in [0.3, 0.4) is 0 Å². The summed E-state index contributed by atoms with van der Waals surface area (Å²) in [5.74, 6) is 1.90. The van der Waals surface area contributed by atoms with Gasteiger partial charge < -0.3 is 15.5 Å². The molecular weight excluding hydrogens is 425 g/mol. The molecule has 2 heterocycles. The van der Waals surface area contributed by atoms with Gasteiger partial charge in [0.2, 0.25) is 0 Å². The van der Waals surface area contributed by atoms with E-state index >= 15 is 0 Å². The summed E-state index contributed by atoms with van der Waals surface area (Å²) in [5, 5.41) is 7.98. The molecule has 1 saturated heterocycles. The van der Waals surface area contributed by atoms with E-state index in [1.54, 1.807) is 0 Å². The predicted molar refractivity (Wildman–Crippen MR) is 117 cm³/mol. The van der Waals surface area contributed by atoms with Gasteiger partial charge >= 0.3 is 0 Å². The lowest BCUT2D eigenvalue weighted by Gasteiger charge is -2.23. The maximum absolute atomic E-state index is 4.63. The Kier molecular flexibility index (Phi) is 6.87. The van der Waals surface area contributed by atoms with Crippen molar-refractivity contribution in [3.05, 3.63) is 36.4 Å². The average molecular weight is 453 g/mol.